The summed E-state index contributed by atoms with van der Waals surface area (Å²) in [5.41, 5.74) is 11.6. The molecule has 4 heteroatoms. The monoisotopic (exact) mass is 275 g/mol. The Morgan fingerprint density at radius 3 is 2.58 bits per heavy atom. The zero-order valence-corrected chi connectivity index (χ0v) is 8.65. The molecule has 0 spiro atoms. The Morgan fingerprint density at radius 1 is 1.33 bits per heavy atom. The van der Waals surface area contributed by atoms with Gasteiger partial charge in [0.15, 0.2) is 5.96 Å². The molecule has 0 aliphatic rings. The molecular weight excluding hydrogens is 265 g/mol. The summed E-state index contributed by atoms with van der Waals surface area (Å²) < 4.78 is 1.18. The van der Waals surface area contributed by atoms with Crippen molar-refractivity contribution in [3.63, 3.8) is 0 Å². The molecule has 1 aromatic rings. The lowest BCUT2D eigenvalue weighted by atomic mass is 10.2. The molecule has 0 atom stereocenters. The predicted molar refractivity (Wildman–Crippen MR) is 58.7 cm³/mol. The number of hydrogen-bond donors (Lipinski definition) is 2. The van der Waals surface area contributed by atoms with E-state index >= 15 is 0 Å². The molecule has 0 radical (unpaired) electrons. The Labute approximate surface area is 85.0 Å². The van der Waals surface area contributed by atoms with Gasteiger partial charge in [0.25, 0.3) is 0 Å². The third kappa shape index (κ3) is 2.69. The molecule has 12 heavy (non-hydrogen) atoms. The fraction of sp³-hybridized carbons (Fsp3) is 0.125. The van der Waals surface area contributed by atoms with Gasteiger partial charge in [-0.2, -0.15) is 0 Å². The maximum Gasteiger partial charge on any atom is 0.186 e. The number of aliphatic imine (C=N–C) groups is 1. The van der Waals surface area contributed by atoms with Gasteiger partial charge in [0, 0.05) is 3.57 Å². The molecule has 1 rings (SSSR count). The van der Waals surface area contributed by atoms with E-state index in [0.29, 0.717) is 6.54 Å². The molecule has 0 bridgehead atoms. The summed E-state index contributed by atoms with van der Waals surface area (Å²) in [6, 6.07) is 7.99. The summed E-state index contributed by atoms with van der Waals surface area (Å²) in [6.45, 7) is 0.557. The molecule has 0 saturated carbocycles. The highest BCUT2D eigenvalue weighted by molar-refractivity contribution is 14.1. The van der Waals surface area contributed by atoms with Gasteiger partial charge >= 0.3 is 0 Å². The van der Waals surface area contributed by atoms with Crippen LogP contribution in [0.15, 0.2) is 29.3 Å². The van der Waals surface area contributed by atoms with Gasteiger partial charge in [0.1, 0.15) is 0 Å². The second-order valence-corrected chi connectivity index (χ2v) is 3.49. The normalized spacial score (nSPS) is 9.42. The van der Waals surface area contributed by atoms with E-state index < -0.39 is 0 Å². The van der Waals surface area contributed by atoms with Crippen molar-refractivity contribution in [1.29, 1.82) is 0 Å². The minimum Gasteiger partial charge on any atom is -0.370 e. The van der Waals surface area contributed by atoms with Crippen molar-refractivity contribution in [3.05, 3.63) is 33.4 Å². The van der Waals surface area contributed by atoms with Crippen molar-refractivity contribution in [2.75, 3.05) is 0 Å². The maximum atomic E-state index is 5.22. The standard InChI is InChI=1S/C8H10IN3/c9-7-4-2-1-3-6(7)5-12-8(10)11/h1-4H,5H2,(H4,10,11,12). The number of nitrogens with two attached hydrogens (primary N) is 2. The van der Waals surface area contributed by atoms with Crippen LogP contribution in [0.3, 0.4) is 0 Å². The fourth-order valence-electron chi connectivity index (χ4n) is 0.803. The summed E-state index contributed by atoms with van der Waals surface area (Å²) in [5.74, 6) is 0.134. The van der Waals surface area contributed by atoms with Crippen LogP contribution < -0.4 is 11.5 Å². The van der Waals surface area contributed by atoms with Crippen LogP contribution in [0.25, 0.3) is 0 Å². The molecule has 0 unspecified atom stereocenters. The summed E-state index contributed by atoms with van der Waals surface area (Å²) in [7, 11) is 0. The summed E-state index contributed by atoms with van der Waals surface area (Å²) in [4.78, 5) is 3.92. The SMILES string of the molecule is NC(N)=NCc1ccccc1I. The van der Waals surface area contributed by atoms with Gasteiger partial charge in [0.2, 0.25) is 0 Å². The molecule has 0 aliphatic heterocycles. The Hall–Kier alpha value is -0.780. The summed E-state index contributed by atoms with van der Waals surface area (Å²) in [5, 5.41) is 0. The summed E-state index contributed by atoms with van der Waals surface area (Å²) in [6.07, 6.45) is 0. The Bertz CT molecular complexity index is 292. The van der Waals surface area contributed by atoms with Crippen LogP contribution in [0.2, 0.25) is 0 Å². The van der Waals surface area contributed by atoms with E-state index in [9.17, 15) is 0 Å². The lowest BCUT2D eigenvalue weighted by Gasteiger charge is -1.99. The van der Waals surface area contributed by atoms with E-state index in [1.807, 2.05) is 24.3 Å². The molecule has 0 heterocycles. The predicted octanol–water partition coefficient (Wildman–Crippen LogP) is 1.06. The average molecular weight is 275 g/mol. The largest absolute Gasteiger partial charge is 0.370 e. The van der Waals surface area contributed by atoms with Gasteiger partial charge in [-0.05, 0) is 34.2 Å². The molecule has 0 aliphatic carbocycles. The van der Waals surface area contributed by atoms with Crippen LogP contribution in [0.4, 0.5) is 0 Å². The van der Waals surface area contributed by atoms with E-state index in [1.54, 1.807) is 0 Å². The molecule has 0 fully saturated rings. The third-order valence-corrected chi connectivity index (χ3v) is 2.44. The van der Waals surface area contributed by atoms with Crippen LogP contribution in [-0.4, -0.2) is 5.96 Å². The first-order valence-corrected chi connectivity index (χ1v) is 4.57. The number of rotatable bonds is 2. The Morgan fingerprint density at radius 2 is 2.00 bits per heavy atom. The first-order chi connectivity index (χ1) is 5.70. The summed E-state index contributed by atoms with van der Waals surface area (Å²) >= 11 is 2.26. The van der Waals surface area contributed by atoms with Gasteiger partial charge in [-0.3, -0.25) is 0 Å². The quantitative estimate of drug-likeness (QED) is 0.481. The molecule has 0 amide bonds. The fourth-order valence-corrected chi connectivity index (χ4v) is 1.36. The molecule has 1 aromatic carbocycles. The lowest BCUT2D eigenvalue weighted by molar-refractivity contribution is 1.04. The second kappa shape index (κ2) is 4.30. The van der Waals surface area contributed by atoms with Crippen LogP contribution in [0.1, 0.15) is 5.56 Å². The van der Waals surface area contributed by atoms with Crippen molar-refractivity contribution in [2.45, 2.75) is 6.54 Å². The van der Waals surface area contributed by atoms with Crippen LogP contribution in [-0.2, 0) is 6.54 Å². The zero-order chi connectivity index (χ0) is 8.97. The topological polar surface area (TPSA) is 64.4 Å². The number of halogens is 1. The number of guanidine groups is 1. The van der Waals surface area contributed by atoms with Crippen molar-refractivity contribution < 1.29 is 0 Å². The first-order valence-electron chi connectivity index (χ1n) is 3.49. The third-order valence-electron chi connectivity index (χ3n) is 1.39. The Balaban J connectivity index is 2.76. The van der Waals surface area contributed by atoms with Crippen molar-refractivity contribution in [2.24, 2.45) is 16.5 Å². The molecule has 4 N–H and O–H groups in total. The van der Waals surface area contributed by atoms with E-state index in [2.05, 4.69) is 27.6 Å². The minimum absolute atomic E-state index is 0.134. The second-order valence-electron chi connectivity index (χ2n) is 2.33. The molecule has 0 aromatic heterocycles. The van der Waals surface area contributed by atoms with Gasteiger partial charge in [-0.15, -0.1) is 0 Å². The number of nitrogens with zero attached hydrogens (tertiary/aromatic N) is 1. The van der Waals surface area contributed by atoms with Crippen LogP contribution in [0, 0.1) is 3.57 Å². The van der Waals surface area contributed by atoms with Gasteiger partial charge < -0.3 is 11.5 Å². The maximum absolute atomic E-state index is 5.22. The van der Waals surface area contributed by atoms with Gasteiger partial charge in [-0.25, -0.2) is 4.99 Å². The van der Waals surface area contributed by atoms with Crippen LogP contribution >= 0.6 is 22.6 Å². The lowest BCUT2D eigenvalue weighted by Crippen LogP contribution is -2.22. The zero-order valence-electron chi connectivity index (χ0n) is 6.50. The highest BCUT2D eigenvalue weighted by atomic mass is 127. The number of benzene rings is 1. The van der Waals surface area contributed by atoms with E-state index in [1.165, 1.54) is 3.57 Å². The van der Waals surface area contributed by atoms with E-state index in [0.717, 1.165) is 5.56 Å². The molecule has 3 nitrogen and oxygen atoms in total. The van der Waals surface area contributed by atoms with E-state index in [-0.39, 0.29) is 5.96 Å². The molecule has 64 valence electrons. The minimum atomic E-state index is 0.134. The highest BCUT2D eigenvalue weighted by Crippen LogP contribution is 2.11. The van der Waals surface area contributed by atoms with Crippen molar-refractivity contribution in [1.82, 2.24) is 0 Å². The van der Waals surface area contributed by atoms with Crippen molar-refractivity contribution >= 4 is 28.6 Å². The van der Waals surface area contributed by atoms with Gasteiger partial charge in [-0.1, -0.05) is 18.2 Å². The average Bonchev–Trinajstić information content (AvgIpc) is 2.03. The molecule has 0 saturated heterocycles. The molecular formula is C8H10IN3. The highest BCUT2D eigenvalue weighted by Gasteiger charge is 1.95. The van der Waals surface area contributed by atoms with E-state index in [4.69, 9.17) is 11.5 Å². The van der Waals surface area contributed by atoms with Crippen LogP contribution in [0.5, 0.6) is 0 Å². The smallest absolute Gasteiger partial charge is 0.186 e. The number of hydrogen-bond acceptors (Lipinski definition) is 1. The first kappa shape index (κ1) is 9.31. The van der Waals surface area contributed by atoms with Gasteiger partial charge in [0.05, 0.1) is 6.54 Å². The van der Waals surface area contributed by atoms with Crippen molar-refractivity contribution in [3.8, 4) is 0 Å². The Kier molecular flexibility index (Phi) is 3.33.